The number of carbonyl (C=O) groups is 2. The Labute approximate surface area is 136 Å². The molecule has 1 atom stereocenters. The van der Waals surface area contributed by atoms with Crippen LogP contribution >= 0.6 is 0 Å². The molecule has 2 heterocycles. The predicted octanol–water partition coefficient (Wildman–Crippen LogP) is 2.16. The molecule has 0 bridgehead atoms. The molecule has 8 heteroatoms. The molecule has 2 amide bonds. The largest absolute Gasteiger partial charge is 0.416 e. The normalized spacial score (nSPS) is 18.5. The van der Waals surface area contributed by atoms with Crippen LogP contribution in [0.1, 0.15) is 22.5 Å². The highest BCUT2D eigenvalue weighted by Crippen LogP contribution is 2.32. The van der Waals surface area contributed by atoms with Gasteiger partial charge in [-0.1, -0.05) is 0 Å². The number of fused-ring (bicyclic) bond motifs is 1. The molecule has 0 radical (unpaired) electrons. The van der Waals surface area contributed by atoms with E-state index in [0.717, 1.165) is 12.1 Å². The first-order chi connectivity index (χ1) is 11.2. The third-order valence-corrected chi connectivity index (χ3v) is 4.34. The Bertz CT molecular complexity index is 826. The average molecular weight is 339 g/mol. The Morgan fingerprint density at radius 2 is 1.96 bits per heavy atom. The second kappa shape index (κ2) is 5.54. The topological polar surface area (TPSA) is 54.3 Å². The fraction of sp³-hybridized carbons (Fsp3) is 0.375. The van der Waals surface area contributed by atoms with E-state index in [-0.39, 0.29) is 11.6 Å². The van der Waals surface area contributed by atoms with Crippen LogP contribution in [0.3, 0.4) is 0 Å². The Morgan fingerprint density at radius 1 is 1.25 bits per heavy atom. The number of aromatic nitrogens is 1. The number of rotatable bonds is 2. The fourth-order valence-corrected chi connectivity index (χ4v) is 2.93. The second-order valence-electron chi connectivity index (χ2n) is 5.93. The third-order valence-electron chi connectivity index (χ3n) is 4.34. The number of hydrogen-bond donors (Lipinski definition) is 1. The molecule has 0 aliphatic carbocycles. The van der Waals surface area contributed by atoms with Gasteiger partial charge in [-0.25, -0.2) is 0 Å². The van der Waals surface area contributed by atoms with Crippen molar-refractivity contribution in [2.24, 2.45) is 7.05 Å². The number of likely N-dealkylation sites (N-methyl/N-ethyl adjacent to an activating group) is 1. The van der Waals surface area contributed by atoms with Crippen molar-refractivity contribution in [2.45, 2.75) is 18.6 Å². The number of carbonyl (C=O) groups excluding carboxylic acids is 2. The maximum atomic E-state index is 12.8. The summed E-state index contributed by atoms with van der Waals surface area (Å²) < 4.78 is 39.9. The number of nitrogens with one attached hydrogen (secondary N) is 1. The van der Waals surface area contributed by atoms with Gasteiger partial charge in [0.15, 0.2) is 0 Å². The summed E-state index contributed by atoms with van der Waals surface area (Å²) >= 11 is 0. The van der Waals surface area contributed by atoms with Crippen LogP contribution in [0.2, 0.25) is 0 Å². The number of alkyl halides is 3. The van der Waals surface area contributed by atoms with Crippen molar-refractivity contribution >= 4 is 22.7 Å². The van der Waals surface area contributed by atoms with Gasteiger partial charge in [-0.2, -0.15) is 13.2 Å². The van der Waals surface area contributed by atoms with Crippen LogP contribution in [0.4, 0.5) is 13.2 Å². The predicted molar refractivity (Wildman–Crippen MR) is 81.4 cm³/mol. The summed E-state index contributed by atoms with van der Waals surface area (Å²) in [6, 6.07) is 4.15. The van der Waals surface area contributed by atoms with Gasteiger partial charge in [0.1, 0.15) is 11.7 Å². The molecule has 128 valence electrons. The number of likely N-dealkylation sites (tertiary alicyclic amines) is 1. The molecule has 1 saturated heterocycles. The van der Waals surface area contributed by atoms with E-state index in [1.165, 1.54) is 21.6 Å². The summed E-state index contributed by atoms with van der Waals surface area (Å²) in [5.74, 6) is -0.641. The summed E-state index contributed by atoms with van der Waals surface area (Å²) in [7, 11) is 3.26. The fourth-order valence-electron chi connectivity index (χ4n) is 2.93. The van der Waals surface area contributed by atoms with Crippen molar-refractivity contribution in [3.63, 3.8) is 0 Å². The van der Waals surface area contributed by atoms with Crippen molar-refractivity contribution in [1.29, 1.82) is 0 Å². The number of amides is 2. The molecule has 5 nitrogen and oxygen atoms in total. The lowest BCUT2D eigenvalue weighted by Crippen LogP contribution is -2.41. The zero-order valence-electron chi connectivity index (χ0n) is 13.1. The second-order valence-corrected chi connectivity index (χ2v) is 5.93. The highest BCUT2D eigenvalue weighted by atomic mass is 19.4. The summed E-state index contributed by atoms with van der Waals surface area (Å²) in [4.78, 5) is 25.8. The average Bonchev–Trinajstić information content (AvgIpc) is 3.01. The Kier molecular flexibility index (Phi) is 3.77. The molecule has 0 spiro atoms. The van der Waals surface area contributed by atoms with Gasteiger partial charge in [0, 0.05) is 31.5 Å². The molecule has 24 heavy (non-hydrogen) atoms. The van der Waals surface area contributed by atoms with Crippen LogP contribution in [0.25, 0.3) is 10.9 Å². The Balaban J connectivity index is 1.90. The van der Waals surface area contributed by atoms with Gasteiger partial charge < -0.3 is 14.8 Å². The van der Waals surface area contributed by atoms with Crippen LogP contribution < -0.4 is 5.32 Å². The van der Waals surface area contributed by atoms with E-state index in [4.69, 9.17) is 0 Å². The summed E-state index contributed by atoms with van der Waals surface area (Å²) in [5.41, 5.74) is -0.0325. The Hall–Kier alpha value is -2.51. The minimum absolute atomic E-state index is 0.165. The van der Waals surface area contributed by atoms with Crippen LogP contribution in [0, 0.1) is 0 Å². The van der Waals surface area contributed by atoms with E-state index in [1.807, 2.05) is 0 Å². The first kappa shape index (κ1) is 16.4. The molecule has 1 fully saturated rings. The van der Waals surface area contributed by atoms with E-state index in [1.54, 1.807) is 14.1 Å². The smallest absolute Gasteiger partial charge is 0.344 e. The third kappa shape index (κ3) is 2.72. The molecular weight excluding hydrogens is 323 g/mol. The molecule has 1 aliphatic heterocycles. The SMILES string of the molecule is CN1CC[C@H](NC(=O)c2cc3cc(C(F)(F)F)ccc3n2C)C1=O. The van der Waals surface area contributed by atoms with E-state index >= 15 is 0 Å². The van der Waals surface area contributed by atoms with Crippen molar-refractivity contribution < 1.29 is 22.8 Å². The van der Waals surface area contributed by atoms with Gasteiger partial charge >= 0.3 is 6.18 Å². The number of nitrogens with zero attached hydrogens (tertiary/aromatic N) is 2. The zero-order chi connectivity index (χ0) is 17.6. The van der Waals surface area contributed by atoms with Gasteiger partial charge in [0.25, 0.3) is 5.91 Å². The number of halogens is 3. The first-order valence-corrected chi connectivity index (χ1v) is 7.41. The van der Waals surface area contributed by atoms with Crippen LogP contribution in [-0.4, -0.2) is 40.9 Å². The van der Waals surface area contributed by atoms with Crippen molar-refractivity contribution in [1.82, 2.24) is 14.8 Å². The quantitative estimate of drug-likeness (QED) is 0.912. The van der Waals surface area contributed by atoms with Gasteiger partial charge in [-0.05, 0) is 30.7 Å². The van der Waals surface area contributed by atoms with Gasteiger partial charge in [-0.3, -0.25) is 9.59 Å². The van der Waals surface area contributed by atoms with Gasteiger partial charge in [-0.15, -0.1) is 0 Å². The minimum atomic E-state index is -4.44. The van der Waals surface area contributed by atoms with Crippen LogP contribution in [-0.2, 0) is 18.0 Å². The standard InChI is InChI=1S/C16H16F3N3O2/c1-21-6-5-11(15(21)24)20-14(23)13-8-9-7-10(16(17,18)19)3-4-12(9)22(13)2/h3-4,7-8,11H,5-6H2,1-2H3,(H,20,23)/t11-/m0/s1. The highest BCUT2D eigenvalue weighted by molar-refractivity contribution is 6.01. The molecule has 0 saturated carbocycles. The van der Waals surface area contributed by atoms with Crippen molar-refractivity contribution in [2.75, 3.05) is 13.6 Å². The molecule has 3 rings (SSSR count). The maximum Gasteiger partial charge on any atom is 0.416 e. The first-order valence-electron chi connectivity index (χ1n) is 7.41. The zero-order valence-corrected chi connectivity index (χ0v) is 13.1. The molecular formula is C16H16F3N3O2. The lowest BCUT2D eigenvalue weighted by atomic mass is 10.1. The highest BCUT2D eigenvalue weighted by Gasteiger charge is 2.32. The number of benzene rings is 1. The number of aryl methyl sites for hydroxylation is 1. The van der Waals surface area contributed by atoms with Gasteiger partial charge in [0.05, 0.1) is 5.56 Å². The van der Waals surface area contributed by atoms with Crippen molar-refractivity contribution in [3.05, 3.63) is 35.5 Å². The molecule has 1 N–H and O–H groups in total. The van der Waals surface area contributed by atoms with Gasteiger partial charge in [0.2, 0.25) is 5.91 Å². The molecule has 1 aromatic heterocycles. The molecule has 0 unspecified atom stereocenters. The molecule has 1 aromatic carbocycles. The van der Waals surface area contributed by atoms with E-state index in [9.17, 15) is 22.8 Å². The lowest BCUT2D eigenvalue weighted by molar-refractivity contribution is -0.137. The van der Waals surface area contributed by atoms with Crippen LogP contribution in [0.5, 0.6) is 0 Å². The molecule has 1 aliphatic rings. The van der Waals surface area contributed by atoms with Crippen LogP contribution in [0.15, 0.2) is 24.3 Å². The van der Waals surface area contributed by atoms with E-state index in [2.05, 4.69) is 5.32 Å². The summed E-state index contributed by atoms with van der Waals surface area (Å²) in [6.45, 7) is 0.563. The number of hydrogen-bond acceptors (Lipinski definition) is 2. The van der Waals surface area contributed by atoms with E-state index in [0.29, 0.717) is 23.9 Å². The monoisotopic (exact) mass is 339 g/mol. The molecule has 2 aromatic rings. The van der Waals surface area contributed by atoms with E-state index < -0.39 is 23.7 Å². The van der Waals surface area contributed by atoms with Crippen molar-refractivity contribution in [3.8, 4) is 0 Å². The summed E-state index contributed by atoms with van der Waals surface area (Å²) in [5, 5.41) is 2.98. The maximum absolute atomic E-state index is 12.8. The Morgan fingerprint density at radius 3 is 2.54 bits per heavy atom. The lowest BCUT2D eigenvalue weighted by Gasteiger charge is -2.12. The summed E-state index contributed by atoms with van der Waals surface area (Å²) in [6.07, 6.45) is -3.92. The minimum Gasteiger partial charge on any atom is -0.344 e.